The predicted molar refractivity (Wildman–Crippen MR) is 80.5 cm³/mol. The average Bonchev–Trinajstić information content (AvgIpc) is 2.81. The van der Waals surface area contributed by atoms with Crippen LogP contribution in [-0.4, -0.2) is 23.2 Å². The summed E-state index contributed by atoms with van der Waals surface area (Å²) in [5.41, 5.74) is 11.1. The Balaban J connectivity index is 2.36. The van der Waals surface area contributed by atoms with Crippen LogP contribution in [0.3, 0.4) is 0 Å². The van der Waals surface area contributed by atoms with Crippen LogP contribution in [0, 0.1) is 6.92 Å². The largest absolute Gasteiger partial charge is 0.398 e. The van der Waals surface area contributed by atoms with Crippen molar-refractivity contribution >= 4 is 33.2 Å². The molecule has 0 amide bonds. The number of aliphatic hydroxyl groups is 1. The normalized spacial score (nSPS) is 11.3. The Kier molecular flexibility index (Phi) is 2.80. The quantitative estimate of drug-likeness (QED) is 0.543. The van der Waals surface area contributed by atoms with Gasteiger partial charge in [-0.05, 0) is 24.6 Å². The van der Waals surface area contributed by atoms with E-state index in [4.69, 9.17) is 10.8 Å². The van der Waals surface area contributed by atoms with E-state index in [9.17, 15) is 0 Å². The fraction of sp³-hybridized carbons (Fsp3) is 0.200. The van der Waals surface area contributed by atoms with E-state index >= 15 is 0 Å². The second-order valence-corrected chi connectivity index (χ2v) is 4.73. The maximum absolute atomic E-state index is 8.97. The lowest BCUT2D eigenvalue weighted by atomic mass is 10.1. The molecule has 4 nitrogen and oxygen atoms in total. The van der Waals surface area contributed by atoms with E-state index in [2.05, 4.69) is 16.4 Å². The Hall–Kier alpha value is -2.20. The zero-order chi connectivity index (χ0) is 13.4. The molecule has 2 aromatic carbocycles. The molecule has 4 heteroatoms. The summed E-state index contributed by atoms with van der Waals surface area (Å²) >= 11 is 0. The van der Waals surface area contributed by atoms with Crippen LogP contribution >= 0.6 is 0 Å². The fourth-order valence-electron chi connectivity index (χ4n) is 2.52. The Morgan fingerprint density at radius 1 is 1.32 bits per heavy atom. The van der Waals surface area contributed by atoms with Gasteiger partial charge < -0.3 is 21.1 Å². The number of aromatic nitrogens is 1. The van der Waals surface area contributed by atoms with Crippen molar-refractivity contribution in [1.29, 1.82) is 0 Å². The van der Waals surface area contributed by atoms with Gasteiger partial charge in [0.15, 0.2) is 0 Å². The summed E-state index contributed by atoms with van der Waals surface area (Å²) in [6, 6.07) is 10.1. The first-order valence-electron chi connectivity index (χ1n) is 6.36. The van der Waals surface area contributed by atoms with E-state index in [1.807, 2.05) is 31.2 Å². The minimum absolute atomic E-state index is 0.102. The minimum Gasteiger partial charge on any atom is -0.398 e. The number of rotatable bonds is 3. The Morgan fingerprint density at radius 2 is 2.11 bits per heavy atom. The molecule has 0 spiro atoms. The first kappa shape index (κ1) is 11.9. The summed E-state index contributed by atoms with van der Waals surface area (Å²) < 4.78 is 0. The monoisotopic (exact) mass is 255 g/mol. The molecule has 5 N–H and O–H groups in total. The van der Waals surface area contributed by atoms with Gasteiger partial charge in [0.05, 0.1) is 17.8 Å². The van der Waals surface area contributed by atoms with Gasteiger partial charge in [-0.15, -0.1) is 0 Å². The van der Waals surface area contributed by atoms with Gasteiger partial charge in [0.1, 0.15) is 0 Å². The first-order chi connectivity index (χ1) is 9.22. The standard InChI is InChI=1S/C15H17N3O/c1-9-8-12(17-6-7-19)15-13(14(9)16)10-4-2-3-5-11(10)18-15/h2-5,8,17-19H,6-7,16H2,1H3. The molecule has 3 aromatic rings. The van der Waals surface area contributed by atoms with Gasteiger partial charge in [-0.1, -0.05) is 18.2 Å². The van der Waals surface area contributed by atoms with Crippen LogP contribution in [0.15, 0.2) is 30.3 Å². The third kappa shape index (κ3) is 1.81. The summed E-state index contributed by atoms with van der Waals surface area (Å²) in [6.45, 7) is 2.62. The van der Waals surface area contributed by atoms with Crippen LogP contribution in [0.1, 0.15) is 5.56 Å². The first-order valence-corrected chi connectivity index (χ1v) is 6.36. The van der Waals surface area contributed by atoms with E-state index in [1.54, 1.807) is 0 Å². The third-order valence-corrected chi connectivity index (χ3v) is 3.46. The summed E-state index contributed by atoms with van der Waals surface area (Å²) in [6.07, 6.45) is 0. The number of hydrogen-bond donors (Lipinski definition) is 4. The van der Waals surface area contributed by atoms with Crippen LogP contribution in [0.4, 0.5) is 11.4 Å². The highest BCUT2D eigenvalue weighted by molar-refractivity contribution is 6.17. The third-order valence-electron chi connectivity index (χ3n) is 3.46. The van der Waals surface area contributed by atoms with Crippen LogP contribution in [0.5, 0.6) is 0 Å². The zero-order valence-corrected chi connectivity index (χ0v) is 10.8. The molecule has 3 rings (SSSR count). The molecular weight excluding hydrogens is 238 g/mol. The van der Waals surface area contributed by atoms with Crippen molar-refractivity contribution in [1.82, 2.24) is 4.98 Å². The van der Waals surface area contributed by atoms with Gasteiger partial charge in [-0.25, -0.2) is 0 Å². The van der Waals surface area contributed by atoms with Gasteiger partial charge >= 0.3 is 0 Å². The molecule has 19 heavy (non-hydrogen) atoms. The van der Waals surface area contributed by atoms with Crippen molar-refractivity contribution in [3.05, 3.63) is 35.9 Å². The zero-order valence-electron chi connectivity index (χ0n) is 10.8. The predicted octanol–water partition coefficient (Wildman–Crippen LogP) is 2.62. The van der Waals surface area contributed by atoms with E-state index in [0.717, 1.165) is 38.7 Å². The molecule has 0 atom stereocenters. The highest BCUT2D eigenvalue weighted by Crippen LogP contribution is 2.36. The number of fused-ring (bicyclic) bond motifs is 3. The smallest absolute Gasteiger partial charge is 0.0721 e. The number of para-hydroxylation sites is 1. The molecule has 98 valence electrons. The van der Waals surface area contributed by atoms with Gasteiger partial charge in [-0.2, -0.15) is 0 Å². The van der Waals surface area contributed by atoms with Crippen molar-refractivity contribution in [3.8, 4) is 0 Å². The number of H-pyrrole nitrogens is 1. The van der Waals surface area contributed by atoms with E-state index < -0.39 is 0 Å². The van der Waals surface area contributed by atoms with E-state index in [-0.39, 0.29) is 6.61 Å². The minimum atomic E-state index is 0.102. The molecule has 0 radical (unpaired) electrons. The average molecular weight is 255 g/mol. The molecule has 0 aliphatic heterocycles. The van der Waals surface area contributed by atoms with Crippen LogP contribution in [0.25, 0.3) is 21.8 Å². The molecule has 0 saturated heterocycles. The second kappa shape index (κ2) is 4.48. The number of nitrogen functional groups attached to an aromatic ring is 1. The number of benzene rings is 2. The summed E-state index contributed by atoms with van der Waals surface area (Å²) in [5.74, 6) is 0. The number of aryl methyl sites for hydroxylation is 1. The molecule has 0 fully saturated rings. The molecule has 0 saturated carbocycles. The van der Waals surface area contributed by atoms with Crippen molar-refractivity contribution in [2.24, 2.45) is 0 Å². The Morgan fingerprint density at radius 3 is 2.89 bits per heavy atom. The van der Waals surface area contributed by atoms with E-state index in [0.29, 0.717) is 6.54 Å². The lowest BCUT2D eigenvalue weighted by molar-refractivity contribution is 0.311. The molecule has 0 unspecified atom stereocenters. The summed E-state index contributed by atoms with van der Waals surface area (Å²) in [4.78, 5) is 3.40. The Labute approximate surface area is 111 Å². The summed E-state index contributed by atoms with van der Waals surface area (Å²) in [5, 5.41) is 14.4. The molecule has 1 heterocycles. The number of nitrogens with one attached hydrogen (secondary N) is 2. The number of nitrogens with two attached hydrogens (primary N) is 1. The second-order valence-electron chi connectivity index (χ2n) is 4.73. The van der Waals surface area contributed by atoms with Crippen molar-refractivity contribution in [2.45, 2.75) is 6.92 Å². The number of aliphatic hydroxyl groups excluding tert-OH is 1. The Bertz CT molecular complexity index is 746. The number of aromatic amines is 1. The van der Waals surface area contributed by atoms with Crippen molar-refractivity contribution in [2.75, 3.05) is 24.2 Å². The number of anilines is 2. The van der Waals surface area contributed by atoms with Gasteiger partial charge in [0, 0.05) is 28.5 Å². The van der Waals surface area contributed by atoms with Crippen molar-refractivity contribution < 1.29 is 5.11 Å². The van der Waals surface area contributed by atoms with Crippen LogP contribution in [0.2, 0.25) is 0 Å². The SMILES string of the molecule is Cc1cc(NCCO)c2[nH]c3ccccc3c2c1N. The lowest BCUT2D eigenvalue weighted by Crippen LogP contribution is -2.06. The maximum atomic E-state index is 8.97. The van der Waals surface area contributed by atoms with Gasteiger partial charge in [0.25, 0.3) is 0 Å². The van der Waals surface area contributed by atoms with Gasteiger partial charge in [0.2, 0.25) is 0 Å². The summed E-state index contributed by atoms with van der Waals surface area (Å²) in [7, 11) is 0. The van der Waals surface area contributed by atoms with Crippen LogP contribution < -0.4 is 11.1 Å². The maximum Gasteiger partial charge on any atom is 0.0721 e. The molecule has 0 bridgehead atoms. The molecule has 0 aliphatic carbocycles. The van der Waals surface area contributed by atoms with Crippen LogP contribution in [-0.2, 0) is 0 Å². The van der Waals surface area contributed by atoms with Gasteiger partial charge in [-0.3, -0.25) is 0 Å². The molecule has 0 aliphatic rings. The number of hydrogen-bond acceptors (Lipinski definition) is 3. The topological polar surface area (TPSA) is 74.1 Å². The van der Waals surface area contributed by atoms with Crippen molar-refractivity contribution in [3.63, 3.8) is 0 Å². The lowest BCUT2D eigenvalue weighted by Gasteiger charge is -2.10. The molecular formula is C15H17N3O. The fourth-order valence-corrected chi connectivity index (χ4v) is 2.52. The highest BCUT2D eigenvalue weighted by Gasteiger charge is 2.12. The van der Waals surface area contributed by atoms with E-state index in [1.165, 1.54) is 0 Å². The highest BCUT2D eigenvalue weighted by atomic mass is 16.3. The molecule has 1 aromatic heterocycles.